The Balaban J connectivity index is 1.77. The van der Waals surface area contributed by atoms with Crippen LogP contribution in [-0.2, 0) is 38.4 Å². The lowest BCUT2D eigenvalue weighted by atomic mass is 10.0. The standard InChI is InChI=1S/C32H38N4O6S/c1-43-17-16-26(34-29(38)25(33)18-21-8-4-2-5-9-21)30(39)35-27(19-23-12-14-24(37)15-13-23)31(40)36-28(32(41)42)20-22-10-6-3-7-11-22/h2-15,25-28,37H,16-20,33H2,1H3,(H,34,38)(H,35,39)(H,36,40)(H,41,42). The van der Waals surface area contributed by atoms with Crippen LogP contribution in [0.2, 0.25) is 0 Å². The van der Waals surface area contributed by atoms with Gasteiger partial charge in [-0.25, -0.2) is 4.79 Å². The molecule has 4 atom stereocenters. The summed E-state index contributed by atoms with van der Waals surface area (Å²) in [5, 5.41) is 27.5. The van der Waals surface area contributed by atoms with Crippen molar-refractivity contribution in [2.45, 2.75) is 49.9 Å². The van der Waals surface area contributed by atoms with Gasteiger partial charge >= 0.3 is 5.97 Å². The fourth-order valence-electron chi connectivity index (χ4n) is 4.42. The highest BCUT2D eigenvalue weighted by molar-refractivity contribution is 7.98. The number of phenolic OH excluding ortho intramolecular Hbond substituents is 1. The Morgan fingerprint density at radius 2 is 1.14 bits per heavy atom. The first-order valence-electron chi connectivity index (χ1n) is 13.9. The minimum Gasteiger partial charge on any atom is -0.508 e. The lowest BCUT2D eigenvalue weighted by molar-refractivity contribution is -0.142. The number of phenols is 1. The summed E-state index contributed by atoms with van der Waals surface area (Å²) in [6, 6.07) is 20.0. The topological polar surface area (TPSA) is 171 Å². The molecule has 0 aliphatic carbocycles. The van der Waals surface area contributed by atoms with Gasteiger partial charge in [0.2, 0.25) is 17.7 Å². The van der Waals surface area contributed by atoms with E-state index in [1.54, 1.807) is 36.4 Å². The second-order valence-corrected chi connectivity index (χ2v) is 11.1. The molecule has 43 heavy (non-hydrogen) atoms. The first kappa shape index (κ1) is 33.2. The van der Waals surface area contributed by atoms with E-state index in [0.717, 1.165) is 11.1 Å². The van der Waals surface area contributed by atoms with E-state index in [1.165, 1.54) is 23.9 Å². The largest absolute Gasteiger partial charge is 0.508 e. The van der Waals surface area contributed by atoms with Crippen LogP contribution in [0.4, 0.5) is 0 Å². The number of amides is 3. The van der Waals surface area contributed by atoms with Crippen molar-refractivity contribution in [1.82, 2.24) is 16.0 Å². The maximum absolute atomic E-state index is 13.5. The first-order valence-corrected chi connectivity index (χ1v) is 15.3. The first-order chi connectivity index (χ1) is 20.7. The Labute approximate surface area is 255 Å². The third-order valence-electron chi connectivity index (χ3n) is 6.79. The van der Waals surface area contributed by atoms with Crippen molar-refractivity contribution >= 4 is 35.5 Å². The quantitative estimate of drug-likeness (QED) is 0.144. The van der Waals surface area contributed by atoms with Crippen LogP contribution < -0.4 is 21.7 Å². The van der Waals surface area contributed by atoms with Crippen molar-refractivity contribution in [2.75, 3.05) is 12.0 Å². The van der Waals surface area contributed by atoms with Gasteiger partial charge in [0.15, 0.2) is 0 Å². The Kier molecular flexibility index (Phi) is 13.1. The number of carboxylic acid groups (broad SMARTS) is 1. The van der Waals surface area contributed by atoms with E-state index in [2.05, 4.69) is 16.0 Å². The summed E-state index contributed by atoms with van der Waals surface area (Å²) in [6.45, 7) is 0. The van der Waals surface area contributed by atoms with Gasteiger partial charge in [-0.05, 0) is 53.7 Å². The minimum absolute atomic E-state index is 0.0201. The smallest absolute Gasteiger partial charge is 0.326 e. The molecule has 7 N–H and O–H groups in total. The lowest BCUT2D eigenvalue weighted by Gasteiger charge is -2.25. The van der Waals surface area contributed by atoms with Gasteiger partial charge in [-0.1, -0.05) is 72.8 Å². The van der Waals surface area contributed by atoms with Crippen molar-refractivity contribution in [3.8, 4) is 5.75 Å². The molecule has 0 saturated carbocycles. The molecule has 4 unspecified atom stereocenters. The van der Waals surface area contributed by atoms with E-state index in [1.807, 2.05) is 42.7 Å². The summed E-state index contributed by atoms with van der Waals surface area (Å²) in [5.74, 6) is -2.42. The molecule has 0 saturated heterocycles. The fourth-order valence-corrected chi connectivity index (χ4v) is 4.89. The molecular formula is C32H38N4O6S. The predicted octanol–water partition coefficient (Wildman–Crippen LogP) is 2.04. The molecule has 3 aromatic rings. The molecule has 0 aliphatic rings. The van der Waals surface area contributed by atoms with Crippen molar-refractivity contribution < 1.29 is 29.4 Å². The number of nitrogens with two attached hydrogens (primary N) is 1. The summed E-state index contributed by atoms with van der Waals surface area (Å²) < 4.78 is 0. The van der Waals surface area contributed by atoms with Crippen LogP contribution in [0.25, 0.3) is 0 Å². The average molecular weight is 607 g/mol. The monoisotopic (exact) mass is 606 g/mol. The molecule has 3 rings (SSSR count). The number of carbonyl (C=O) groups excluding carboxylic acids is 3. The van der Waals surface area contributed by atoms with Gasteiger partial charge in [0.05, 0.1) is 6.04 Å². The molecule has 0 aromatic heterocycles. The number of rotatable bonds is 16. The number of carboxylic acids is 1. The van der Waals surface area contributed by atoms with Gasteiger partial charge in [-0.2, -0.15) is 11.8 Å². The zero-order chi connectivity index (χ0) is 31.2. The number of aliphatic carboxylic acids is 1. The molecule has 0 aliphatic heterocycles. The number of hydrogen-bond donors (Lipinski definition) is 6. The Morgan fingerprint density at radius 3 is 1.70 bits per heavy atom. The third-order valence-corrected chi connectivity index (χ3v) is 7.43. The van der Waals surface area contributed by atoms with Crippen LogP contribution in [0.3, 0.4) is 0 Å². The summed E-state index contributed by atoms with van der Waals surface area (Å²) in [7, 11) is 0. The third kappa shape index (κ3) is 11.1. The molecule has 0 bridgehead atoms. The molecule has 3 aromatic carbocycles. The molecule has 10 nitrogen and oxygen atoms in total. The fraction of sp³-hybridized carbons (Fsp3) is 0.312. The van der Waals surface area contributed by atoms with Crippen molar-refractivity contribution in [1.29, 1.82) is 0 Å². The van der Waals surface area contributed by atoms with Gasteiger partial charge < -0.3 is 31.9 Å². The molecular weight excluding hydrogens is 568 g/mol. The van der Waals surface area contributed by atoms with E-state index in [0.29, 0.717) is 11.3 Å². The Morgan fingerprint density at radius 1 is 0.674 bits per heavy atom. The van der Waals surface area contributed by atoms with E-state index in [9.17, 15) is 29.4 Å². The highest BCUT2D eigenvalue weighted by Gasteiger charge is 2.30. The molecule has 228 valence electrons. The second kappa shape index (κ2) is 16.9. The summed E-state index contributed by atoms with van der Waals surface area (Å²) in [6.07, 6.45) is 2.51. The second-order valence-electron chi connectivity index (χ2n) is 10.2. The molecule has 11 heteroatoms. The van der Waals surface area contributed by atoms with Crippen molar-refractivity contribution in [3.05, 3.63) is 102 Å². The summed E-state index contributed by atoms with van der Waals surface area (Å²) >= 11 is 1.50. The van der Waals surface area contributed by atoms with E-state index in [4.69, 9.17) is 5.73 Å². The van der Waals surface area contributed by atoms with Gasteiger partial charge in [-0.15, -0.1) is 0 Å². The van der Waals surface area contributed by atoms with Crippen LogP contribution in [0.5, 0.6) is 5.75 Å². The van der Waals surface area contributed by atoms with Crippen molar-refractivity contribution in [3.63, 3.8) is 0 Å². The molecule has 0 heterocycles. The molecule has 0 fully saturated rings. The van der Waals surface area contributed by atoms with E-state index < -0.39 is 47.9 Å². The van der Waals surface area contributed by atoms with Crippen LogP contribution >= 0.6 is 11.8 Å². The number of carbonyl (C=O) groups is 4. The highest BCUT2D eigenvalue weighted by atomic mass is 32.2. The number of thioether (sulfide) groups is 1. The Hall–Kier alpha value is -4.35. The van der Waals surface area contributed by atoms with Crippen LogP contribution in [0.15, 0.2) is 84.9 Å². The number of nitrogens with one attached hydrogen (secondary N) is 3. The summed E-state index contributed by atoms with van der Waals surface area (Å²) in [5.41, 5.74) is 8.38. The number of hydrogen-bond acceptors (Lipinski definition) is 7. The number of benzene rings is 3. The zero-order valence-electron chi connectivity index (χ0n) is 23.9. The minimum atomic E-state index is -1.24. The Bertz CT molecular complexity index is 1340. The highest BCUT2D eigenvalue weighted by Crippen LogP contribution is 2.13. The summed E-state index contributed by atoms with van der Waals surface area (Å²) in [4.78, 5) is 52.0. The lowest BCUT2D eigenvalue weighted by Crippen LogP contribution is -2.58. The zero-order valence-corrected chi connectivity index (χ0v) is 24.8. The maximum atomic E-state index is 13.5. The van der Waals surface area contributed by atoms with Crippen LogP contribution in [0.1, 0.15) is 23.1 Å². The van der Waals surface area contributed by atoms with Gasteiger partial charge in [0.1, 0.15) is 23.9 Å². The van der Waals surface area contributed by atoms with E-state index in [-0.39, 0.29) is 31.4 Å². The van der Waals surface area contributed by atoms with Gasteiger partial charge in [0.25, 0.3) is 0 Å². The molecule has 0 radical (unpaired) electrons. The van der Waals surface area contributed by atoms with Crippen LogP contribution in [-0.4, -0.2) is 70.1 Å². The van der Waals surface area contributed by atoms with Crippen LogP contribution in [0, 0.1) is 0 Å². The predicted molar refractivity (Wildman–Crippen MR) is 167 cm³/mol. The van der Waals surface area contributed by atoms with E-state index >= 15 is 0 Å². The van der Waals surface area contributed by atoms with Gasteiger partial charge in [-0.3, -0.25) is 14.4 Å². The number of aromatic hydroxyl groups is 1. The maximum Gasteiger partial charge on any atom is 0.326 e. The normalized spacial score (nSPS) is 13.6. The van der Waals surface area contributed by atoms with Crippen molar-refractivity contribution in [2.24, 2.45) is 5.73 Å². The van der Waals surface area contributed by atoms with Gasteiger partial charge in [0, 0.05) is 12.8 Å². The average Bonchev–Trinajstić information content (AvgIpc) is 3.00. The SMILES string of the molecule is CSCCC(NC(=O)C(N)Cc1ccccc1)C(=O)NC(Cc1ccc(O)cc1)C(=O)NC(Cc1ccccc1)C(=O)O. The molecule has 0 spiro atoms. The molecule has 3 amide bonds.